The fourth-order valence-corrected chi connectivity index (χ4v) is 4.62. The molecule has 3 rings (SSSR count). The molecule has 1 atom stereocenters. The maximum atomic E-state index is 13.1. The van der Waals surface area contributed by atoms with E-state index < -0.39 is 0 Å². The van der Waals surface area contributed by atoms with Gasteiger partial charge in [0.1, 0.15) is 11.1 Å². The van der Waals surface area contributed by atoms with Crippen molar-refractivity contribution >= 4 is 34.1 Å². The molecule has 0 radical (unpaired) electrons. The van der Waals surface area contributed by atoms with Crippen molar-refractivity contribution < 1.29 is 9.18 Å². The van der Waals surface area contributed by atoms with E-state index in [1.165, 1.54) is 36.3 Å². The first-order chi connectivity index (χ1) is 10.7. The summed E-state index contributed by atoms with van der Waals surface area (Å²) in [5.41, 5.74) is 0.840. The predicted molar refractivity (Wildman–Crippen MR) is 89.7 cm³/mol. The molecule has 1 saturated carbocycles. The lowest BCUT2D eigenvalue weighted by atomic mass is 10.1. The number of rotatable bonds is 5. The van der Waals surface area contributed by atoms with Crippen molar-refractivity contribution in [3.63, 3.8) is 0 Å². The number of thiazole rings is 1. The van der Waals surface area contributed by atoms with E-state index in [4.69, 9.17) is 0 Å². The van der Waals surface area contributed by atoms with Crippen molar-refractivity contribution in [2.45, 2.75) is 36.2 Å². The molecule has 1 unspecified atom stereocenters. The molecule has 1 aliphatic rings. The maximum absolute atomic E-state index is 13.1. The number of amides is 1. The number of nitrogens with one attached hydrogen (secondary N) is 1. The summed E-state index contributed by atoms with van der Waals surface area (Å²) in [6.45, 7) is 0. The number of hydrogen-bond donors (Lipinski definition) is 1. The van der Waals surface area contributed by atoms with Crippen LogP contribution < -0.4 is 5.32 Å². The lowest BCUT2D eigenvalue weighted by molar-refractivity contribution is -0.115. The molecule has 0 aliphatic heterocycles. The van der Waals surface area contributed by atoms with Crippen LogP contribution >= 0.6 is 23.1 Å². The highest BCUT2D eigenvalue weighted by molar-refractivity contribution is 8.00. The molecule has 1 fully saturated rings. The minimum atomic E-state index is -0.326. The second-order valence-electron chi connectivity index (χ2n) is 5.30. The van der Waals surface area contributed by atoms with Crippen molar-refractivity contribution in [3.8, 4) is 0 Å². The van der Waals surface area contributed by atoms with E-state index in [1.807, 2.05) is 5.38 Å². The van der Waals surface area contributed by atoms with Gasteiger partial charge in [-0.15, -0.1) is 23.1 Å². The number of thioether (sulfide) groups is 1. The molecule has 22 heavy (non-hydrogen) atoms. The number of anilines is 1. The first kappa shape index (κ1) is 15.5. The molecule has 6 heteroatoms. The second kappa shape index (κ2) is 7.24. The lowest BCUT2D eigenvalue weighted by Gasteiger charge is -2.19. The smallest absolute Gasteiger partial charge is 0.243 e. The van der Waals surface area contributed by atoms with Gasteiger partial charge in [0.2, 0.25) is 5.91 Å². The number of carbonyl (C=O) groups is 1. The molecule has 1 aromatic carbocycles. The van der Waals surface area contributed by atoms with Crippen LogP contribution in [0.1, 0.15) is 36.5 Å². The van der Waals surface area contributed by atoms with Gasteiger partial charge in [-0.05, 0) is 30.5 Å². The molecule has 0 bridgehead atoms. The van der Waals surface area contributed by atoms with Crippen molar-refractivity contribution in [2.75, 3.05) is 5.32 Å². The number of hydrogen-bond acceptors (Lipinski definition) is 4. The van der Waals surface area contributed by atoms with Gasteiger partial charge >= 0.3 is 0 Å². The van der Waals surface area contributed by atoms with Crippen LogP contribution in [0.25, 0.3) is 0 Å². The van der Waals surface area contributed by atoms with Crippen LogP contribution in [0.4, 0.5) is 9.52 Å². The van der Waals surface area contributed by atoms with Crippen LogP contribution in [0, 0.1) is 5.82 Å². The SMILES string of the molecule is O=C(Nc1nccs1)C(SC1CCCC1)c1ccc(F)cc1. The average Bonchev–Trinajstić information content (AvgIpc) is 3.19. The van der Waals surface area contributed by atoms with Gasteiger partial charge in [-0.25, -0.2) is 9.37 Å². The van der Waals surface area contributed by atoms with Gasteiger partial charge in [0.05, 0.1) is 0 Å². The van der Waals surface area contributed by atoms with Gasteiger partial charge in [0.25, 0.3) is 0 Å². The Kier molecular flexibility index (Phi) is 5.10. The molecule has 116 valence electrons. The number of carbonyl (C=O) groups excluding carboxylic acids is 1. The highest BCUT2D eigenvalue weighted by Gasteiger charge is 2.27. The normalized spacial score (nSPS) is 16.6. The van der Waals surface area contributed by atoms with Crippen molar-refractivity contribution in [1.82, 2.24) is 4.98 Å². The van der Waals surface area contributed by atoms with Crippen LogP contribution in [-0.4, -0.2) is 16.1 Å². The Hall–Kier alpha value is -1.40. The maximum Gasteiger partial charge on any atom is 0.243 e. The predicted octanol–water partition coefficient (Wildman–Crippen LogP) is 4.64. The van der Waals surface area contributed by atoms with Crippen molar-refractivity contribution in [1.29, 1.82) is 0 Å². The van der Waals surface area contributed by atoms with Crippen LogP contribution in [-0.2, 0) is 4.79 Å². The van der Waals surface area contributed by atoms with Gasteiger partial charge in [-0.3, -0.25) is 4.79 Å². The summed E-state index contributed by atoms with van der Waals surface area (Å²) < 4.78 is 13.1. The molecule has 0 saturated heterocycles. The van der Waals surface area contributed by atoms with E-state index in [0.717, 1.165) is 18.4 Å². The fourth-order valence-electron chi connectivity index (χ4n) is 2.60. The first-order valence-electron chi connectivity index (χ1n) is 7.33. The van der Waals surface area contributed by atoms with E-state index in [0.29, 0.717) is 10.4 Å². The third-order valence-corrected chi connectivity index (χ3v) is 6.01. The molecular formula is C16H17FN2OS2. The topological polar surface area (TPSA) is 42.0 Å². The van der Waals surface area contributed by atoms with Crippen LogP contribution in [0.15, 0.2) is 35.8 Å². The summed E-state index contributed by atoms with van der Waals surface area (Å²) in [7, 11) is 0. The fraction of sp³-hybridized carbons (Fsp3) is 0.375. The van der Waals surface area contributed by atoms with Crippen LogP contribution in [0.3, 0.4) is 0 Å². The Morgan fingerprint density at radius 1 is 1.32 bits per heavy atom. The molecule has 1 aliphatic carbocycles. The minimum Gasteiger partial charge on any atom is -0.301 e. The third kappa shape index (κ3) is 3.87. The first-order valence-corrected chi connectivity index (χ1v) is 9.16. The Morgan fingerprint density at radius 2 is 2.05 bits per heavy atom. The van der Waals surface area contributed by atoms with Crippen molar-refractivity contribution in [3.05, 3.63) is 47.2 Å². The second-order valence-corrected chi connectivity index (χ2v) is 7.61. The standard InChI is InChI=1S/C16H17FN2OS2/c17-12-7-5-11(6-8-12)14(22-13-3-1-2-4-13)15(20)19-16-18-9-10-21-16/h5-10,13-14H,1-4H2,(H,18,19,20). The number of aromatic nitrogens is 1. The third-order valence-electron chi connectivity index (χ3n) is 3.70. The van der Waals surface area contributed by atoms with Crippen LogP contribution in [0.5, 0.6) is 0 Å². The number of nitrogens with zero attached hydrogens (tertiary/aromatic N) is 1. The number of halogens is 1. The quantitative estimate of drug-likeness (QED) is 0.865. The Balaban J connectivity index is 1.77. The summed E-state index contributed by atoms with van der Waals surface area (Å²) in [4.78, 5) is 16.7. The summed E-state index contributed by atoms with van der Waals surface area (Å²) >= 11 is 3.08. The molecular weight excluding hydrogens is 319 g/mol. The van der Waals surface area contributed by atoms with Gasteiger partial charge in [0, 0.05) is 16.8 Å². The lowest BCUT2D eigenvalue weighted by Crippen LogP contribution is -2.20. The molecule has 1 heterocycles. The zero-order valence-electron chi connectivity index (χ0n) is 12.0. The minimum absolute atomic E-state index is 0.0848. The largest absolute Gasteiger partial charge is 0.301 e. The van der Waals surface area contributed by atoms with Gasteiger partial charge in [0.15, 0.2) is 5.13 Å². The average molecular weight is 336 g/mol. The van der Waals surface area contributed by atoms with Gasteiger partial charge < -0.3 is 5.32 Å². The summed E-state index contributed by atoms with van der Waals surface area (Å²) in [5.74, 6) is -0.368. The highest BCUT2D eigenvalue weighted by Crippen LogP contribution is 2.40. The van der Waals surface area contributed by atoms with Gasteiger partial charge in [-0.2, -0.15) is 0 Å². The van der Waals surface area contributed by atoms with E-state index in [9.17, 15) is 9.18 Å². The Morgan fingerprint density at radius 3 is 2.68 bits per heavy atom. The molecule has 1 amide bonds. The zero-order valence-corrected chi connectivity index (χ0v) is 13.6. The van der Waals surface area contributed by atoms with E-state index >= 15 is 0 Å². The van der Waals surface area contributed by atoms with Crippen molar-refractivity contribution in [2.24, 2.45) is 0 Å². The molecule has 1 aromatic heterocycles. The molecule has 1 N–H and O–H groups in total. The summed E-state index contributed by atoms with van der Waals surface area (Å²) in [6, 6.07) is 6.22. The highest BCUT2D eigenvalue weighted by atomic mass is 32.2. The van der Waals surface area contributed by atoms with Crippen LogP contribution in [0.2, 0.25) is 0 Å². The Labute approximate surface area is 137 Å². The zero-order chi connectivity index (χ0) is 15.4. The molecule has 3 nitrogen and oxygen atoms in total. The van der Waals surface area contributed by atoms with E-state index in [1.54, 1.807) is 30.1 Å². The van der Waals surface area contributed by atoms with E-state index in [-0.39, 0.29) is 17.0 Å². The molecule has 2 aromatic rings. The summed E-state index contributed by atoms with van der Waals surface area (Å²) in [5, 5.41) is 5.46. The summed E-state index contributed by atoms with van der Waals surface area (Å²) in [6.07, 6.45) is 6.40. The molecule has 0 spiro atoms. The monoisotopic (exact) mass is 336 g/mol. The Bertz CT molecular complexity index is 610. The van der Waals surface area contributed by atoms with E-state index in [2.05, 4.69) is 10.3 Å². The van der Waals surface area contributed by atoms with Gasteiger partial charge in [-0.1, -0.05) is 25.0 Å². The number of benzene rings is 1.